The quantitative estimate of drug-likeness (QED) is 0.631. The smallest absolute Gasteiger partial charge is 0.253 e. The number of aromatic nitrogens is 1. The Kier molecular flexibility index (Phi) is 6.07. The van der Waals surface area contributed by atoms with Crippen LogP contribution in [0.5, 0.6) is 0 Å². The maximum Gasteiger partial charge on any atom is 0.253 e. The van der Waals surface area contributed by atoms with Gasteiger partial charge in [0, 0.05) is 36.2 Å². The monoisotopic (exact) mass is 419 g/mol. The highest BCUT2D eigenvalue weighted by Gasteiger charge is 2.34. The molecule has 2 amide bonds. The van der Waals surface area contributed by atoms with Crippen LogP contribution in [0.4, 0.5) is 0 Å². The maximum atomic E-state index is 13.0. The van der Waals surface area contributed by atoms with Crippen LogP contribution in [0, 0.1) is 5.92 Å². The predicted octanol–water partition coefficient (Wildman–Crippen LogP) is 4.65. The van der Waals surface area contributed by atoms with Crippen LogP contribution in [0.1, 0.15) is 49.9 Å². The van der Waals surface area contributed by atoms with Gasteiger partial charge in [0.05, 0.1) is 0 Å². The number of carbonyl (C=O) groups is 2. The molecule has 3 atom stereocenters. The lowest BCUT2D eigenvalue weighted by molar-refractivity contribution is -0.125. The van der Waals surface area contributed by atoms with Crippen LogP contribution < -0.4 is 5.32 Å². The molecule has 2 aromatic carbocycles. The van der Waals surface area contributed by atoms with E-state index in [1.165, 1.54) is 0 Å². The lowest BCUT2D eigenvalue weighted by atomic mass is 10.1. The standard InChI is InChI=1S/C25H29N3O3/c1-4-16(2)26-23(29)19-13-14-20(15-19)28(3)25(30)18-11-9-17(10-12-18)24-27-21-7-5-6-8-22(21)31-24/h5-12,16,19-20H,4,13-15H2,1-3H3,(H,26,29)/t16-,19+,20-/m1/s1. The lowest BCUT2D eigenvalue weighted by Gasteiger charge is -2.25. The number of rotatable bonds is 6. The first-order chi connectivity index (χ1) is 15.0. The van der Waals surface area contributed by atoms with Crippen LogP contribution in [-0.2, 0) is 4.79 Å². The van der Waals surface area contributed by atoms with Crippen LogP contribution >= 0.6 is 0 Å². The molecular formula is C25H29N3O3. The predicted molar refractivity (Wildman–Crippen MR) is 121 cm³/mol. The van der Waals surface area contributed by atoms with Crippen molar-refractivity contribution in [2.45, 2.75) is 51.6 Å². The van der Waals surface area contributed by atoms with E-state index in [1.807, 2.05) is 62.5 Å². The highest BCUT2D eigenvalue weighted by Crippen LogP contribution is 2.30. The van der Waals surface area contributed by atoms with Gasteiger partial charge < -0.3 is 14.6 Å². The van der Waals surface area contributed by atoms with Gasteiger partial charge in [0.25, 0.3) is 5.91 Å². The van der Waals surface area contributed by atoms with Gasteiger partial charge in [-0.1, -0.05) is 19.1 Å². The summed E-state index contributed by atoms with van der Waals surface area (Å²) in [5.41, 5.74) is 3.00. The Morgan fingerprint density at radius 2 is 1.90 bits per heavy atom. The van der Waals surface area contributed by atoms with Gasteiger partial charge in [0.15, 0.2) is 5.58 Å². The Morgan fingerprint density at radius 3 is 2.61 bits per heavy atom. The van der Waals surface area contributed by atoms with E-state index in [4.69, 9.17) is 4.42 Å². The number of nitrogens with one attached hydrogen (secondary N) is 1. The summed E-state index contributed by atoms with van der Waals surface area (Å²) in [7, 11) is 1.83. The van der Waals surface area contributed by atoms with Crippen LogP contribution in [0.2, 0.25) is 0 Å². The zero-order valence-electron chi connectivity index (χ0n) is 18.3. The molecule has 0 radical (unpaired) electrons. The second-order valence-electron chi connectivity index (χ2n) is 8.46. The third-order valence-electron chi connectivity index (χ3n) is 6.32. The van der Waals surface area contributed by atoms with Gasteiger partial charge in [-0.25, -0.2) is 4.98 Å². The molecule has 0 saturated heterocycles. The number of oxazole rings is 1. The Balaban J connectivity index is 1.40. The van der Waals surface area contributed by atoms with Crippen molar-refractivity contribution in [2.75, 3.05) is 7.05 Å². The van der Waals surface area contributed by atoms with E-state index in [9.17, 15) is 9.59 Å². The van der Waals surface area contributed by atoms with Crippen molar-refractivity contribution >= 4 is 22.9 Å². The Bertz CT molecular complexity index is 1040. The van der Waals surface area contributed by atoms with Gasteiger partial charge in [0.1, 0.15) is 5.52 Å². The fraction of sp³-hybridized carbons (Fsp3) is 0.400. The molecule has 1 aliphatic rings. The summed E-state index contributed by atoms with van der Waals surface area (Å²) in [5.74, 6) is 0.604. The summed E-state index contributed by atoms with van der Waals surface area (Å²) >= 11 is 0. The molecule has 31 heavy (non-hydrogen) atoms. The molecular weight excluding hydrogens is 390 g/mol. The van der Waals surface area contributed by atoms with Crippen molar-refractivity contribution in [3.63, 3.8) is 0 Å². The summed E-state index contributed by atoms with van der Waals surface area (Å²) in [6.07, 6.45) is 3.30. The van der Waals surface area contributed by atoms with Crippen molar-refractivity contribution in [3.05, 3.63) is 54.1 Å². The van der Waals surface area contributed by atoms with Gasteiger partial charge in [-0.15, -0.1) is 0 Å². The molecule has 4 rings (SSSR count). The number of para-hydroxylation sites is 2. The van der Waals surface area contributed by atoms with Crippen molar-refractivity contribution in [1.29, 1.82) is 0 Å². The molecule has 3 aromatic rings. The molecule has 1 N–H and O–H groups in total. The first-order valence-electron chi connectivity index (χ1n) is 11.0. The van der Waals surface area contributed by atoms with Crippen LogP contribution in [0.15, 0.2) is 52.9 Å². The van der Waals surface area contributed by atoms with Crippen LogP contribution in [0.25, 0.3) is 22.6 Å². The summed E-state index contributed by atoms with van der Waals surface area (Å²) < 4.78 is 5.81. The van der Waals surface area contributed by atoms with Gasteiger partial charge in [-0.3, -0.25) is 9.59 Å². The average Bonchev–Trinajstić information content (AvgIpc) is 3.45. The van der Waals surface area contributed by atoms with Crippen molar-refractivity contribution in [1.82, 2.24) is 15.2 Å². The Hall–Kier alpha value is -3.15. The number of fused-ring (bicyclic) bond motifs is 1. The maximum absolute atomic E-state index is 13.0. The lowest BCUT2D eigenvalue weighted by Crippen LogP contribution is -2.38. The minimum absolute atomic E-state index is 0.0178. The number of carbonyl (C=O) groups excluding carboxylic acids is 2. The fourth-order valence-corrected chi connectivity index (χ4v) is 4.13. The molecule has 0 aliphatic heterocycles. The molecule has 6 heteroatoms. The number of nitrogens with zero attached hydrogens (tertiary/aromatic N) is 2. The molecule has 6 nitrogen and oxygen atoms in total. The molecule has 1 aromatic heterocycles. The van der Waals surface area contributed by atoms with Gasteiger partial charge in [0.2, 0.25) is 11.8 Å². The van der Waals surface area contributed by atoms with E-state index in [0.29, 0.717) is 17.9 Å². The molecule has 1 saturated carbocycles. The Morgan fingerprint density at radius 1 is 1.16 bits per heavy atom. The van der Waals surface area contributed by atoms with Crippen LogP contribution in [-0.4, -0.2) is 40.8 Å². The van der Waals surface area contributed by atoms with E-state index in [1.54, 1.807) is 4.90 Å². The van der Waals surface area contributed by atoms with Gasteiger partial charge in [-0.05, 0) is 69.0 Å². The van der Waals surface area contributed by atoms with Crippen LogP contribution in [0.3, 0.4) is 0 Å². The van der Waals surface area contributed by atoms with E-state index in [0.717, 1.165) is 35.9 Å². The minimum atomic E-state index is -0.0305. The number of hydrogen-bond donors (Lipinski definition) is 1. The Labute approximate surface area is 182 Å². The van der Waals surface area contributed by atoms with E-state index in [2.05, 4.69) is 17.2 Å². The highest BCUT2D eigenvalue weighted by molar-refractivity contribution is 5.95. The second-order valence-corrected chi connectivity index (χ2v) is 8.46. The summed E-state index contributed by atoms with van der Waals surface area (Å²) in [4.78, 5) is 31.7. The van der Waals surface area contributed by atoms with Gasteiger partial charge >= 0.3 is 0 Å². The molecule has 0 bridgehead atoms. The third kappa shape index (κ3) is 4.48. The number of amides is 2. The fourth-order valence-electron chi connectivity index (χ4n) is 4.13. The zero-order chi connectivity index (χ0) is 22.0. The molecule has 0 unspecified atom stereocenters. The molecule has 1 fully saturated rings. The zero-order valence-corrected chi connectivity index (χ0v) is 18.3. The normalized spacial score (nSPS) is 19.3. The largest absolute Gasteiger partial charge is 0.436 e. The topological polar surface area (TPSA) is 75.4 Å². The summed E-state index contributed by atoms with van der Waals surface area (Å²) in [6.45, 7) is 4.08. The SMILES string of the molecule is CC[C@@H](C)NC(=O)[C@H]1CC[C@@H](N(C)C(=O)c2ccc(-c3nc4ccccc4o3)cc2)C1. The van der Waals surface area contributed by atoms with E-state index in [-0.39, 0.29) is 29.8 Å². The van der Waals surface area contributed by atoms with Crippen molar-refractivity contribution in [2.24, 2.45) is 5.92 Å². The second kappa shape index (κ2) is 8.92. The van der Waals surface area contributed by atoms with Crippen molar-refractivity contribution in [3.8, 4) is 11.5 Å². The third-order valence-corrected chi connectivity index (χ3v) is 6.32. The summed E-state index contributed by atoms with van der Waals surface area (Å²) in [6, 6.07) is 15.2. The highest BCUT2D eigenvalue weighted by atomic mass is 16.3. The van der Waals surface area contributed by atoms with E-state index < -0.39 is 0 Å². The van der Waals surface area contributed by atoms with E-state index >= 15 is 0 Å². The minimum Gasteiger partial charge on any atom is -0.436 e. The molecule has 162 valence electrons. The first-order valence-corrected chi connectivity index (χ1v) is 11.0. The number of benzene rings is 2. The summed E-state index contributed by atoms with van der Waals surface area (Å²) in [5, 5.41) is 3.07. The average molecular weight is 420 g/mol. The van der Waals surface area contributed by atoms with Crippen molar-refractivity contribution < 1.29 is 14.0 Å². The molecule has 0 spiro atoms. The van der Waals surface area contributed by atoms with Gasteiger partial charge in [-0.2, -0.15) is 0 Å². The molecule has 1 aliphatic carbocycles. The number of hydrogen-bond acceptors (Lipinski definition) is 4. The molecule has 1 heterocycles. The first kappa shape index (κ1) is 21.1.